The van der Waals surface area contributed by atoms with E-state index in [4.69, 9.17) is 4.74 Å². The summed E-state index contributed by atoms with van der Waals surface area (Å²) >= 11 is 0. The molecule has 0 spiro atoms. The van der Waals surface area contributed by atoms with E-state index in [9.17, 15) is 13.2 Å². The van der Waals surface area contributed by atoms with Gasteiger partial charge in [0.2, 0.25) is 0 Å². The smallest absolute Gasteiger partial charge is 0.373 e. The molecule has 1 atom stereocenters. The average molecular weight is 294 g/mol. The molecule has 4 heteroatoms. The van der Waals surface area contributed by atoms with Crippen LogP contribution in [0.15, 0.2) is 54.6 Å². The normalized spacial score (nSPS) is 14.7. The van der Waals surface area contributed by atoms with Crippen molar-refractivity contribution < 1.29 is 17.9 Å². The van der Waals surface area contributed by atoms with Crippen LogP contribution in [0.1, 0.15) is 18.9 Å². The van der Waals surface area contributed by atoms with Crippen molar-refractivity contribution in [2.75, 3.05) is 7.11 Å². The Labute approximate surface area is 122 Å². The van der Waals surface area contributed by atoms with Crippen molar-refractivity contribution in [3.05, 3.63) is 60.2 Å². The summed E-state index contributed by atoms with van der Waals surface area (Å²) in [7, 11) is 1.30. The quantitative estimate of drug-likeness (QED) is 0.756. The number of halogens is 3. The van der Waals surface area contributed by atoms with Gasteiger partial charge in [-0.05, 0) is 23.6 Å². The summed E-state index contributed by atoms with van der Waals surface area (Å²) in [6, 6.07) is 16.7. The van der Waals surface area contributed by atoms with Crippen molar-refractivity contribution in [3.63, 3.8) is 0 Å². The fourth-order valence-corrected chi connectivity index (χ4v) is 2.32. The number of alkyl halides is 3. The molecule has 1 unspecified atom stereocenters. The minimum absolute atomic E-state index is 0.516. The van der Waals surface area contributed by atoms with Gasteiger partial charge in [-0.3, -0.25) is 0 Å². The van der Waals surface area contributed by atoms with Gasteiger partial charge in [-0.1, -0.05) is 54.6 Å². The second-order valence-corrected chi connectivity index (χ2v) is 5.17. The lowest BCUT2D eigenvalue weighted by molar-refractivity contribution is -0.181. The van der Waals surface area contributed by atoms with Gasteiger partial charge in [0, 0.05) is 7.11 Å². The summed E-state index contributed by atoms with van der Waals surface area (Å²) in [6.45, 7) is 1.46. The number of rotatable bonds is 4. The summed E-state index contributed by atoms with van der Waals surface area (Å²) in [5.41, 5.74) is 1.14. The summed E-state index contributed by atoms with van der Waals surface area (Å²) in [5, 5.41) is 0. The zero-order valence-electron chi connectivity index (χ0n) is 11.9. The first-order chi connectivity index (χ1) is 9.84. The molecule has 0 saturated carbocycles. The van der Waals surface area contributed by atoms with E-state index >= 15 is 0 Å². The van der Waals surface area contributed by atoms with Crippen LogP contribution in [-0.4, -0.2) is 13.3 Å². The maximum Gasteiger partial charge on any atom is 0.392 e. The topological polar surface area (TPSA) is 9.23 Å². The first kappa shape index (κ1) is 15.6. The third-order valence-electron chi connectivity index (χ3n) is 3.59. The Hall–Kier alpha value is -1.81. The highest BCUT2D eigenvalue weighted by Crippen LogP contribution is 2.37. The zero-order chi connectivity index (χ0) is 15.5. The van der Waals surface area contributed by atoms with E-state index in [0.29, 0.717) is 5.56 Å². The number of benzene rings is 2. The van der Waals surface area contributed by atoms with E-state index in [2.05, 4.69) is 0 Å². The lowest BCUT2D eigenvalue weighted by Gasteiger charge is -2.29. The van der Waals surface area contributed by atoms with Crippen LogP contribution in [0.3, 0.4) is 0 Å². The second-order valence-electron chi connectivity index (χ2n) is 5.17. The third kappa shape index (κ3) is 3.85. The molecule has 0 aromatic heterocycles. The van der Waals surface area contributed by atoms with Crippen LogP contribution in [0.25, 0.3) is 11.1 Å². The van der Waals surface area contributed by atoms with Gasteiger partial charge in [-0.15, -0.1) is 0 Å². The molecule has 0 fully saturated rings. The third-order valence-corrected chi connectivity index (χ3v) is 3.59. The molecule has 0 radical (unpaired) electrons. The molecule has 0 saturated heterocycles. The number of hydrogen-bond donors (Lipinski definition) is 0. The fraction of sp³-hybridized carbons (Fsp3) is 0.294. The Morgan fingerprint density at radius 3 is 1.86 bits per heavy atom. The average Bonchev–Trinajstić information content (AvgIpc) is 2.46. The van der Waals surface area contributed by atoms with Gasteiger partial charge in [-0.2, -0.15) is 13.2 Å². The molecule has 0 aliphatic rings. The van der Waals surface area contributed by atoms with E-state index in [-0.39, 0.29) is 0 Å². The van der Waals surface area contributed by atoms with Crippen LogP contribution in [0, 0.1) is 0 Å². The van der Waals surface area contributed by atoms with Crippen LogP contribution >= 0.6 is 0 Å². The lowest BCUT2D eigenvalue weighted by atomic mass is 9.90. The van der Waals surface area contributed by atoms with E-state index in [1.807, 2.05) is 42.5 Å². The Bertz CT molecular complexity index is 575. The minimum Gasteiger partial charge on any atom is -0.373 e. The Morgan fingerprint density at radius 1 is 0.857 bits per heavy atom. The predicted molar refractivity (Wildman–Crippen MR) is 76.9 cm³/mol. The van der Waals surface area contributed by atoms with E-state index in [0.717, 1.165) is 11.1 Å². The largest absolute Gasteiger partial charge is 0.392 e. The molecule has 0 bridgehead atoms. The maximum absolute atomic E-state index is 12.7. The number of ether oxygens (including phenoxy) is 1. The molecule has 2 rings (SSSR count). The Morgan fingerprint density at radius 2 is 1.38 bits per heavy atom. The molecular formula is C17H17F3O. The van der Waals surface area contributed by atoms with Gasteiger partial charge in [0.05, 0.1) is 12.0 Å². The summed E-state index contributed by atoms with van der Waals surface area (Å²) in [5.74, 6) is 0. The van der Waals surface area contributed by atoms with Crippen molar-refractivity contribution in [2.45, 2.75) is 25.1 Å². The van der Waals surface area contributed by atoms with Gasteiger partial charge < -0.3 is 4.74 Å². The monoisotopic (exact) mass is 294 g/mol. The van der Waals surface area contributed by atoms with Crippen LogP contribution in [0.2, 0.25) is 0 Å². The molecule has 0 aliphatic heterocycles. The standard InChI is InChI=1S/C17H17F3O/c1-16(21-2,12-17(18,19)20)15-10-8-14(9-11-15)13-6-4-3-5-7-13/h3-11H,12H2,1-2H3. The van der Waals surface area contributed by atoms with Crippen molar-refractivity contribution >= 4 is 0 Å². The van der Waals surface area contributed by atoms with Gasteiger partial charge in [0.25, 0.3) is 0 Å². The number of hydrogen-bond acceptors (Lipinski definition) is 1. The summed E-state index contributed by atoms with van der Waals surface area (Å²) in [6.07, 6.45) is -5.29. The van der Waals surface area contributed by atoms with Crippen molar-refractivity contribution in [1.82, 2.24) is 0 Å². The van der Waals surface area contributed by atoms with Crippen LogP contribution in [0.4, 0.5) is 13.2 Å². The maximum atomic E-state index is 12.7. The highest BCUT2D eigenvalue weighted by molar-refractivity contribution is 5.63. The fourth-order valence-electron chi connectivity index (χ4n) is 2.32. The van der Waals surface area contributed by atoms with E-state index in [1.54, 1.807) is 12.1 Å². The summed E-state index contributed by atoms with van der Waals surface area (Å²) in [4.78, 5) is 0. The number of methoxy groups -OCH3 is 1. The lowest BCUT2D eigenvalue weighted by Crippen LogP contribution is -2.31. The molecule has 0 amide bonds. The minimum atomic E-state index is -4.27. The van der Waals surface area contributed by atoms with Crippen molar-refractivity contribution in [1.29, 1.82) is 0 Å². The molecular weight excluding hydrogens is 277 g/mol. The van der Waals surface area contributed by atoms with Gasteiger partial charge in [0.1, 0.15) is 0 Å². The van der Waals surface area contributed by atoms with Crippen molar-refractivity contribution in [2.24, 2.45) is 0 Å². The zero-order valence-corrected chi connectivity index (χ0v) is 11.9. The Balaban J connectivity index is 2.29. The van der Waals surface area contributed by atoms with Crippen molar-refractivity contribution in [3.8, 4) is 11.1 Å². The van der Waals surface area contributed by atoms with E-state index < -0.39 is 18.2 Å². The molecule has 2 aromatic carbocycles. The first-order valence-electron chi connectivity index (χ1n) is 6.62. The molecule has 1 nitrogen and oxygen atoms in total. The highest BCUT2D eigenvalue weighted by Gasteiger charge is 2.40. The van der Waals surface area contributed by atoms with Crippen LogP contribution < -0.4 is 0 Å². The van der Waals surface area contributed by atoms with Gasteiger partial charge in [0.15, 0.2) is 0 Å². The molecule has 0 N–H and O–H groups in total. The molecule has 2 aromatic rings. The summed E-state index contributed by atoms with van der Waals surface area (Å²) < 4.78 is 43.2. The first-order valence-corrected chi connectivity index (χ1v) is 6.62. The Kier molecular flexibility index (Phi) is 4.37. The second kappa shape index (κ2) is 5.90. The van der Waals surface area contributed by atoms with Crippen LogP contribution in [-0.2, 0) is 10.3 Å². The van der Waals surface area contributed by atoms with Crippen LogP contribution in [0.5, 0.6) is 0 Å². The molecule has 21 heavy (non-hydrogen) atoms. The molecule has 0 aliphatic carbocycles. The molecule has 112 valence electrons. The van der Waals surface area contributed by atoms with Gasteiger partial charge >= 0.3 is 6.18 Å². The van der Waals surface area contributed by atoms with Gasteiger partial charge in [-0.25, -0.2) is 0 Å². The predicted octanol–water partition coefficient (Wildman–Crippen LogP) is 5.17. The highest BCUT2D eigenvalue weighted by atomic mass is 19.4. The SMILES string of the molecule is COC(C)(CC(F)(F)F)c1ccc(-c2ccccc2)cc1. The van der Waals surface area contributed by atoms with E-state index in [1.165, 1.54) is 14.0 Å². The molecule has 0 heterocycles.